The lowest BCUT2D eigenvalue weighted by atomic mass is 10.1. The molecule has 0 saturated heterocycles. The molecule has 0 saturated carbocycles. The van der Waals surface area contributed by atoms with E-state index in [-0.39, 0.29) is 17.4 Å². The molecule has 3 aromatic rings. The molecule has 1 aromatic heterocycles. The summed E-state index contributed by atoms with van der Waals surface area (Å²) in [6.07, 6.45) is 0. The number of hydrogen-bond donors (Lipinski definition) is 1. The fraction of sp³-hybridized carbons (Fsp3) is 0.190. The molecule has 0 bridgehead atoms. The number of amides is 1. The molecule has 2 aromatic carbocycles. The van der Waals surface area contributed by atoms with Gasteiger partial charge in [0, 0.05) is 23.2 Å². The minimum absolute atomic E-state index is 0.00821. The zero-order chi connectivity index (χ0) is 20.8. The number of nitrogens with one attached hydrogen (secondary N) is 1. The molecular weight excluding hydrogens is 396 g/mol. The van der Waals surface area contributed by atoms with Crippen molar-refractivity contribution in [2.75, 3.05) is 18.5 Å². The van der Waals surface area contributed by atoms with Crippen LogP contribution in [0.25, 0.3) is 11.0 Å². The van der Waals surface area contributed by atoms with Crippen molar-refractivity contribution < 1.29 is 23.5 Å². The Labute approximate surface area is 171 Å². The highest BCUT2D eigenvalue weighted by Crippen LogP contribution is 2.27. The SMILES string of the molecule is CCOCc1c(C(=O)OCC(=O)Nc2ccc(C#N)c(Cl)c2)oc2ccccc12. The highest BCUT2D eigenvalue weighted by Gasteiger charge is 2.22. The Morgan fingerprint density at radius 1 is 1.24 bits per heavy atom. The van der Waals surface area contributed by atoms with E-state index >= 15 is 0 Å². The number of carbonyl (C=O) groups is 2. The van der Waals surface area contributed by atoms with Gasteiger partial charge in [-0.1, -0.05) is 29.8 Å². The summed E-state index contributed by atoms with van der Waals surface area (Å²) >= 11 is 5.93. The number of carbonyl (C=O) groups excluding carboxylic acids is 2. The maximum Gasteiger partial charge on any atom is 0.375 e. The predicted molar refractivity (Wildman–Crippen MR) is 107 cm³/mol. The zero-order valence-corrected chi connectivity index (χ0v) is 16.3. The van der Waals surface area contributed by atoms with Crippen molar-refractivity contribution in [3.8, 4) is 6.07 Å². The highest BCUT2D eigenvalue weighted by atomic mass is 35.5. The molecule has 7 nitrogen and oxygen atoms in total. The fourth-order valence-electron chi connectivity index (χ4n) is 2.69. The van der Waals surface area contributed by atoms with Gasteiger partial charge in [0.1, 0.15) is 11.7 Å². The number of nitriles is 1. The number of nitrogens with zero attached hydrogens (tertiary/aromatic N) is 1. The number of anilines is 1. The lowest BCUT2D eigenvalue weighted by Crippen LogP contribution is -2.21. The molecule has 3 rings (SSSR count). The number of fused-ring (bicyclic) bond motifs is 1. The molecule has 148 valence electrons. The van der Waals surface area contributed by atoms with Crippen molar-refractivity contribution in [3.05, 3.63) is 64.4 Å². The third-order valence-electron chi connectivity index (χ3n) is 4.04. The third-order valence-corrected chi connectivity index (χ3v) is 4.35. The van der Waals surface area contributed by atoms with Crippen molar-refractivity contribution in [2.24, 2.45) is 0 Å². The van der Waals surface area contributed by atoms with Gasteiger partial charge in [-0.15, -0.1) is 0 Å². The van der Waals surface area contributed by atoms with Gasteiger partial charge < -0.3 is 19.2 Å². The highest BCUT2D eigenvalue weighted by molar-refractivity contribution is 6.32. The Morgan fingerprint density at radius 2 is 2.03 bits per heavy atom. The summed E-state index contributed by atoms with van der Waals surface area (Å²) in [6.45, 7) is 2.00. The van der Waals surface area contributed by atoms with Gasteiger partial charge in [0.25, 0.3) is 5.91 Å². The molecular formula is C21H17ClN2O5. The smallest absolute Gasteiger partial charge is 0.375 e. The molecule has 8 heteroatoms. The number of esters is 1. The largest absolute Gasteiger partial charge is 0.450 e. The van der Waals surface area contributed by atoms with Gasteiger partial charge in [0.2, 0.25) is 5.76 Å². The molecule has 0 unspecified atom stereocenters. The van der Waals surface area contributed by atoms with Crippen LogP contribution in [0.5, 0.6) is 0 Å². The van der Waals surface area contributed by atoms with E-state index in [0.717, 1.165) is 5.39 Å². The molecule has 0 aliphatic heterocycles. The van der Waals surface area contributed by atoms with Crippen molar-refractivity contribution >= 4 is 40.1 Å². The number of para-hydroxylation sites is 1. The standard InChI is InChI=1S/C21H17ClN2O5/c1-2-27-11-16-15-5-3-4-6-18(15)29-20(16)21(26)28-12-19(25)24-14-8-7-13(10-23)17(22)9-14/h3-9H,2,11-12H2,1H3,(H,24,25). The summed E-state index contributed by atoms with van der Waals surface area (Å²) in [5, 5.41) is 12.4. The van der Waals surface area contributed by atoms with Crippen LogP contribution in [-0.2, 0) is 20.9 Å². The Morgan fingerprint density at radius 3 is 2.76 bits per heavy atom. The summed E-state index contributed by atoms with van der Waals surface area (Å²) in [6, 6.07) is 13.6. The first-order valence-corrected chi connectivity index (χ1v) is 9.16. The van der Waals surface area contributed by atoms with E-state index in [4.69, 9.17) is 30.8 Å². The van der Waals surface area contributed by atoms with Crippen molar-refractivity contribution in [1.29, 1.82) is 5.26 Å². The molecule has 1 amide bonds. The molecule has 0 atom stereocenters. The van der Waals surface area contributed by atoms with Crippen LogP contribution in [0, 0.1) is 11.3 Å². The number of hydrogen-bond acceptors (Lipinski definition) is 6. The second-order valence-corrected chi connectivity index (χ2v) is 6.38. The summed E-state index contributed by atoms with van der Waals surface area (Å²) in [5.74, 6) is -1.31. The van der Waals surface area contributed by atoms with Crippen molar-refractivity contribution in [2.45, 2.75) is 13.5 Å². The maximum atomic E-state index is 12.5. The molecule has 0 spiro atoms. The number of benzene rings is 2. The van der Waals surface area contributed by atoms with E-state index in [1.807, 2.05) is 25.1 Å². The maximum absolute atomic E-state index is 12.5. The van der Waals surface area contributed by atoms with Crippen LogP contribution in [0.1, 0.15) is 28.6 Å². The number of halogens is 1. The van der Waals surface area contributed by atoms with Gasteiger partial charge in [0.15, 0.2) is 6.61 Å². The van der Waals surface area contributed by atoms with Gasteiger partial charge in [-0.05, 0) is 31.2 Å². The lowest BCUT2D eigenvalue weighted by molar-refractivity contribution is -0.119. The second-order valence-electron chi connectivity index (χ2n) is 5.97. The third kappa shape index (κ3) is 4.74. The number of furan rings is 1. The first kappa shape index (κ1) is 20.4. The minimum atomic E-state index is -0.760. The topological polar surface area (TPSA) is 102 Å². The van der Waals surface area contributed by atoms with Crippen LogP contribution in [0.3, 0.4) is 0 Å². The minimum Gasteiger partial charge on any atom is -0.450 e. The van der Waals surface area contributed by atoms with Crippen molar-refractivity contribution in [3.63, 3.8) is 0 Å². The van der Waals surface area contributed by atoms with Gasteiger partial charge >= 0.3 is 5.97 Å². The van der Waals surface area contributed by atoms with Crippen LogP contribution in [0.2, 0.25) is 5.02 Å². The molecule has 1 N–H and O–H groups in total. The lowest BCUT2D eigenvalue weighted by Gasteiger charge is -2.07. The molecule has 29 heavy (non-hydrogen) atoms. The first-order chi connectivity index (χ1) is 14.0. The Balaban J connectivity index is 1.68. The van der Waals surface area contributed by atoms with Crippen LogP contribution in [-0.4, -0.2) is 25.1 Å². The fourth-order valence-corrected chi connectivity index (χ4v) is 2.91. The Kier molecular flexibility index (Phi) is 6.50. The summed E-state index contributed by atoms with van der Waals surface area (Å²) in [5.41, 5.74) is 1.79. The van der Waals surface area contributed by atoms with E-state index in [2.05, 4.69) is 5.32 Å². The van der Waals surface area contributed by atoms with E-state index in [1.165, 1.54) is 18.2 Å². The normalized spacial score (nSPS) is 10.5. The van der Waals surface area contributed by atoms with Crippen molar-refractivity contribution in [1.82, 2.24) is 0 Å². The molecule has 0 aliphatic rings. The van der Waals surface area contributed by atoms with E-state index in [0.29, 0.717) is 29.0 Å². The Hall–Kier alpha value is -3.34. The summed E-state index contributed by atoms with van der Waals surface area (Å²) in [7, 11) is 0. The van der Waals surface area contributed by atoms with E-state index in [9.17, 15) is 9.59 Å². The summed E-state index contributed by atoms with van der Waals surface area (Å²) < 4.78 is 16.1. The van der Waals surface area contributed by atoms with Crippen LogP contribution < -0.4 is 5.32 Å². The molecule has 0 aliphatic carbocycles. The summed E-state index contributed by atoms with van der Waals surface area (Å²) in [4.78, 5) is 24.6. The first-order valence-electron chi connectivity index (χ1n) is 8.78. The van der Waals surface area contributed by atoms with Gasteiger partial charge in [0.05, 0.1) is 17.2 Å². The average molecular weight is 413 g/mol. The average Bonchev–Trinajstić information content (AvgIpc) is 3.09. The monoisotopic (exact) mass is 412 g/mol. The van der Waals surface area contributed by atoms with E-state index in [1.54, 1.807) is 12.1 Å². The second kappa shape index (κ2) is 9.24. The predicted octanol–water partition coefficient (Wildman–Crippen LogP) is 4.29. The quantitative estimate of drug-likeness (QED) is 0.581. The van der Waals surface area contributed by atoms with Crippen LogP contribution in [0.15, 0.2) is 46.9 Å². The number of rotatable bonds is 7. The van der Waals surface area contributed by atoms with E-state index < -0.39 is 18.5 Å². The molecule has 1 heterocycles. The molecule has 0 radical (unpaired) electrons. The van der Waals surface area contributed by atoms with Gasteiger partial charge in [-0.25, -0.2) is 4.79 Å². The number of ether oxygens (including phenoxy) is 2. The Bertz CT molecular complexity index is 1100. The van der Waals surface area contributed by atoms with Gasteiger partial charge in [-0.3, -0.25) is 4.79 Å². The molecule has 0 fully saturated rings. The van der Waals surface area contributed by atoms with Crippen LogP contribution in [0.4, 0.5) is 5.69 Å². The zero-order valence-electron chi connectivity index (χ0n) is 15.5. The van der Waals surface area contributed by atoms with Crippen LogP contribution >= 0.6 is 11.6 Å². The van der Waals surface area contributed by atoms with Gasteiger partial charge in [-0.2, -0.15) is 5.26 Å².